The first-order valence-corrected chi connectivity index (χ1v) is 12.1. The molecule has 3 aromatic carbocycles. The van der Waals surface area contributed by atoms with Crippen molar-refractivity contribution >= 4 is 38.1 Å². The van der Waals surface area contributed by atoms with Gasteiger partial charge in [-0.3, -0.25) is 4.79 Å². The molecule has 0 aliphatic rings. The van der Waals surface area contributed by atoms with Crippen LogP contribution in [0.25, 0.3) is 0 Å². The standard InChI is InChI=1S/C23H19BrF3N3O3S/c24-19-12-10-17(11-13-19)15-30(34(32,33)20-7-2-1-3-8-20)16-22(31)29-28-14-18-6-4-5-9-21(18)23(25,26)27/h1-14H,15-16H2,(H,29,31)/b28-14-. The summed E-state index contributed by atoms with van der Waals surface area (Å²) in [5.74, 6) is -0.808. The SMILES string of the molecule is O=C(CN(Cc1ccc(Br)cc1)S(=O)(=O)c1ccccc1)N/N=C\c1ccccc1C(F)(F)F. The van der Waals surface area contributed by atoms with E-state index in [1.54, 1.807) is 42.5 Å². The number of hydrogen-bond donors (Lipinski definition) is 1. The van der Waals surface area contributed by atoms with Crippen LogP contribution in [0.3, 0.4) is 0 Å². The Morgan fingerprint density at radius 1 is 0.971 bits per heavy atom. The van der Waals surface area contributed by atoms with Gasteiger partial charge < -0.3 is 0 Å². The summed E-state index contributed by atoms with van der Waals surface area (Å²) in [5.41, 5.74) is 1.60. The predicted octanol–water partition coefficient (Wildman–Crippen LogP) is 4.81. The van der Waals surface area contributed by atoms with Crippen molar-refractivity contribution in [3.05, 3.63) is 100 Å². The van der Waals surface area contributed by atoms with Gasteiger partial charge in [-0.2, -0.15) is 22.6 Å². The van der Waals surface area contributed by atoms with Crippen molar-refractivity contribution in [2.75, 3.05) is 6.54 Å². The van der Waals surface area contributed by atoms with Crippen molar-refractivity contribution in [2.24, 2.45) is 5.10 Å². The lowest BCUT2D eigenvalue weighted by Crippen LogP contribution is -2.39. The molecule has 0 unspecified atom stereocenters. The average molecular weight is 554 g/mol. The highest BCUT2D eigenvalue weighted by atomic mass is 79.9. The van der Waals surface area contributed by atoms with E-state index in [0.717, 1.165) is 21.1 Å². The smallest absolute Gasteiger partial charge is 0.272 e. The molecular weight excluding hydrogens is 535 g/mol. The third-order valence-electron chi connectivity index (χ3n) is 4.63. The number of sulfonamides is 1. The van der Waals surface area contributed by atoms with Gasteiger partial charge in [0.05, 0.1) is 23.2 Å². The number of halogens is 4. The molecule has 0 saturated heterocycles. The number of benzene rings is 3. The van der Waals surface area contributed by atoms with Gasteiger partial charge in [0.25, 0.3) is 5.91 Å². The highest BCUT2D eigenvalue weighted by molar-refractivity contribution is 9.10. The van der Waals surface area contributed by atoms with E-state index in [9.17, 15) is 26.4 Å². The molecule has 6 nitrogen and oxygen atoms in total. The molecule has 1 N–H and O–H groups in total. The molecule has 0 aromatic heterocycles. The largest absolute Gasteiger partial charge is 0.417 e. The van der Waals surface area contributed by atoms with E-state index in [1.807, 2.05) is 0 Å². The first-order chi connectivity index (χ1) is 16.1. The monoisotopic (exact) mass is 553 g/mol. The lowest BCUT2D eigenvalue weighted by molar-refractivity contribution is -0.137. The van der Waals surface area contributed by atoms with Crippen molar-refractivity contribution < 1.29 is 26.4 Å². The Bertz CT molecular complexity index is 1270. The first kappa shape index (κ1) is 25.6. The van der Waals surface area contributed by atoms with Crippen LogP contribution in [0.2, 0.25) is 0 Å². The molecule has 11 heteroatoms. The molecule has 0 saturated carbocycles. The van der Waals surface area contributed by atoms with E-state index in [0.29, 0.717) is 5.56 Å². The molecule has 0 radical (unpaired) electrons. The number of rotatable bonds is 8. The minimum Gasteiger partial charge on any atom is -0.272 e. The summed E-state index contributed by atoms with van der Waals surface area (Å²) in [6.45, 7) is -0.690. The van der Waals surface area contributed by atoms with Crippen molar-refractivity contribution in [3.63, 3.8) is 0 Å². The van der Waals surface area contributed by atoms with Gasteiger partial charge in [-0.05, 0) is 35.9 Å². The highest BCUT2D eigenvalue weighted by Gasteiger charge is 2.32. The zero-order valence-electron chi connectivity index (χ0n) is 17.5. The molecule has 0 aliphatic carbocycles. The van der Waals surface area contributed by atoms with E-state index < -0.39 is 34.2 Å². The van der Waals surface area contributed by atoms with Gasteiger partial charge in [0.2, 0.25) is 10.0 Å². The maximum atomic E-state index is 13.2. The molecule has 0 bridgehead atoms. The normalized spacial score (nSPS) is 12.3. The molecule has 178 valence electrons. The third-order valence-corrected chi connectivity index (χ3v) is 6.97. The zero-order chi connectivity index (χ0) is 24.8. The van der Waals surface area contributed by atoms with E-state index in [4.69, 9.17) is 0 Å². The minimum atomic E-state index is -4.59. The van der Waals surface area contributed by atoms with Crippen molar-refractivity contribution in [1.82, 2.24) is 9.73 Å². The fourth-order valence-corrected chi connectivity index (χ4v) is 4.67. The number of amides is 1. The maximum Gasteiger partial charge on any atom is 0.417 e. The van der Waals surface area contributed by atoms with Gasteiger partial charge in [0.1, 0.15) is 0 Å². The number of nitrogens with zero attached hydrogens (tertiary/aromatic N) is 2. The summed E-state index contributed by atoms with van der Waals surface area (Å²) >= 11 is 3.31. The quantitative estimate of drug-likeness (QED) is 0.321. The Morgan fingerprint density at radius 2 is 1.59 bits per heavy atom. The average Bonchev–Trinajstić information content (AvgIpc) is 2.80. The maximum absolute atomic E-state index is 13.2. The van der Waals surface area contributed by atoms with Gasteiger partial charge in [0.15, 0.2) is 0 Å². The summed E-state index contributed by atoms with van der Waals surface area (Å²) < 4.78 is 67.4. The van der Waals surface area contributed by atoms with E-state index in [-0.39, 0.29) is 17.0 Å². The Labute approximate surface area is 203 Å². The molecule has 1 amide bonds. The van der Waals surface area contributed by atoms with Gasteiger partial charge in [-0.25, -0.2) is 13.8 Å². The van der Waals surface area contributed by atoms with Crippen LogP contribution in [0, 0.1) is 0 Å². The fraction of sp³-hybridized carbons (Fsp3) is 0.130. The van der Waals surface area contributed by atoms with Crippen molar-refractivity contribution in [2.45, 2.75) is 17.6 Å². The molecule has 3 aromatic rings. The lowest BCUT2D eigenvalue weighted by atomic mass is 10.1. The van der Waals surface area contributed by atoms with Crippen LogP contribution in [0.15, 0.2) is 93.3 Å². The topological polar surface area (TPSA) is 78.8 Å². The number of hydrazone groups is 1. The summed E-state index contributed by atoms with van der Waals surface area (Å²) in [6.07, 6.45) is -3.72. The van der Waals surface area contributed by atoms with E-state index in [2.05, 4.69) is 26.5 Å². The Balaban J connectivity index is 1.79. The molecule has 0 spiro atoms. The van der Waals surface area contributed by atoms with Crippen LogP contribution in [0.1, 0.15) is 16.7 Å². The number of hydrogen-bond acceptors (Lipinski definition) is 4. The summed E-state index contributed by atoms with van der Waals surface area (Å²) in [6, 6.07) is 19.3. The van der Waals surface area contributed by atoms with Gasteiger partial charge in [-0.15, -0.1) is 0 Å². The van der Waals surface area contributed by atoms with Crippen LogP contribution in [-0.4, -0.2) is 31.4 Å². The summed E-state index contributed by atoms with van der Waals surface area (Å²) in [5, 5.41) is 3.59. The van der Waals surface area contributed by atoms with Crippen molar-refractivity contribution in [3.8, 4) is 0 Å². The molecule has 0 fully saturated rings. The van der Waals surface area contributed by atoms with E-state index >= 15 is 0 Å². The first-order valence-electron chi connectivity index (χ1n) is 9.85. The Kier molecular flexibility index (Phi) is 8.24. The number of alkyl halides is 3. The second kappa shape index (κ2) is 10.9. The third kappa shape index (κ3) is 6.75. The lowest BCUT2D eigenvalue weighted by Gasteiger charge is -2.21. The molecule has 0 aliphatic heterocycles. The summed E-state index contributed by atoms with van der Waals surface area (Å²) in [7, 11) is -4.05. The van der Waals surface area contributed by atoms with Gasteiger partial charge >= 0.3 is 6.18 Å². The second-order valence-corrected chi connectivity index (χ2v) is 9.94. The zero-order valence-corrected chi connectivity index (χ0v) is 19.9. The Morgan fingerprint density at radius 3 is 2.24 bits per heavy atom. The number of nitrogens with one attached hydrogen (secondary N) is 1. The van der Waals surface area contributed by atoms with Gasteiger partial charge in [-0.1, -0.05) is 64.5 Å². The van der Waals surface area contributed by atoms with Crippen molar-refractivity contribution in [1.29, 1.82) is 0 Å². The van der Waals surface area contributed by atoms with Crippen LogP contribution >= 0.6 is 15.9 Å². The van der Waals surface area contributed by atoms with E-state index in [1.165, 1.54) is 30.3 Å². The Hall–Kier alpha value is -3.02. The second-order valence-electron chi connectivity index (χ2n) is 7.09. The molecule has 3 rings (SSSR count). The van der Waals surface area contributed by atoms with Crippen LogP contribution in [-0.2, 0) is 27.5 Å². The number of carbonyl (C=O) groups is 1. The van der Waals surface area contributed by atoms with Gasteiger partial charge in [0, 0.05) is 16.6 Å². The predicted molar refractivity (Wildman–Crippen MR) is 125 cm³/mol. The number of carbonyl (C=O) groups excluding carboxylic acids is 1. The van der Waals surface area contributed by atoms with Crippen LogP contribution in [0.5, 0.6) is 0 Å². The van der Waals surface area contributed by atoms with Crippen LogP contribution < -0.4 is 5.43 Å². The minimum absolute atomic E-state index is 0.00233. The summed E-state index contributed by atoms with van der Waals surface area (Å²) in [4.78, 5) is 12.5. The van der Waals surface area contributed by atoms with Crippen LogP contribution in [0.4, 0.5) is 13.2 Å². The highest BCUT2D eigenvalue weighted by Crippen LogP contribution is 2.31. The molecule has 0 heterocycles. The molecule has 34 heavy (non-hydrogen) atoms. The fourth-order valence-electron chi connectivity index (χ4n) is 3.00. The molecular formula is C23H19BrF3N3O3S. The molecule has 0 atom stereocenters.